The molecule has 1 aromatic rings. The van der Waals surface area contributed by atoms with Crippen molar-refractivity contribution in [2.24, 2.45) is 0 Å². The molecule has 1 fully saturated rings. The molecule has 0 spiro atoms. The predicted molar refractivity (Wildman–Crippen MR) is 66.6 cm³/mol. The fourth-order valence-corrected chi connectivity index (χ4v) is 2.26. The van der Waals surface area contributed by atoms with Crippen molar-refractivity contribution in [3.63, 3.8) is 0 Å². The van der Waals surface area contributed by atoms with Gasteiger partial charge in [0, 0.05) is 6.04 Å². The van der Waals surface area contributed by atoms with Crippen LogP contribution < -0.4 is 0 Å². The Balaban J connectivity index is 0.000000606. The lowest BCUT2D eigenvalue weighted by Gasteiger charge is -2.30. The van der Waals surface area contributed by atoms with Crippen LogP contribution in [0.2, 0.25) is 0 Å². The van der Waals surface area contributed by atoms with E-state index >= 15 is 0 Å². The Kier molecular flexibility index (Phi) is 4.93. The zero-order valence-electron chi connectivity index (χ0n) is 11.2. The zero-order valence-corrected chi connectivity index (χ0v) is 11.2. The fourth-order valence-electron chi connectivity index (χ4n) is 2.26. The van der Waals surface area contributed by atoms with Gasteiger partial charge < -0.3 is 9.47 Å². The Morgan fingerprint density at radius 3 is 1.88 bits per heavy atom. The molecule has 4 nitrogen and oxygen atoms in total. The van der Waals surface area contributed by atoms with Crippen LogP contribution in [-0.4, -0.2) is 39.8 Å². The molecular formula is C12H24N4. The van der Waals surface area contributed by atoms with Gasteiger partial charge in [-0.2, -0.15) is 0 Å². The number of hydrogen-bond acceptors (Lipinski definition) is 3. The van der Waals surface area contributed by atoms with Crippen molar-refractivity contribution in [3.8, 4) is 0 Å². The fraction of sp³-hybridized carbons (Fsp3) is 0.833. The summed E-state index contributed by atoms with van der Waals surface area (Å²) in [5, 5.41) is 8.22. The zero-order chi connectivity index (χ0) is 12.1. The Morgan fingerprint density at radius 1 is 1.00 bits per heavy atom. The second kappa shape index (κ2) is 5.99. The number of hydrogen-bond donors (Lipinski definition) is 0. The number of nitrogens with zero attached hydrogens (tertiary/aromatic N) is 4. The van der Waals surface area contributed by atoms with Crippen LogP contribution in [0, 0.1) is 13.8 Å². The highest BCUT2D eigenvalue weighted by Gasteiger charge is 2.21. The molecule has 0 bridgehead atoms. The molecule has 2 rings (SSSR count). The van der Waals surface area contributed by atoms with Gasteiger partial charge in [0.1, 0.15) is 11.6 Å². The molecule has 2 heterocycles. The van der Waals surface area contributed by atoms with Gasteiger partial charge in [0.15, 0.2) is 0 Å². The number of likely N-dealkylation sites (tertiary alicyclic amines) is 1. The molecule has 0 amide bonds. The number of piperidine rings is 1. The van der Waals surface area contributed by atoms with Gasteiger partial charge in [-0.15, -0.1) is 10.2 Å². The summed E-state index contributed by atoms with van der Waals surface area (Å²) in [6.07, 6.45) is 2.44. The van der Waals surface area contributed by atoms with Gasteiger partial charge in [-0.25, -0.2) is 0 Å². The first-order valence-corrected chi connectivity index (χ1v) is 6.25. The molecular weight excluding hydrogens is 200 g/mol. The minimum atomic E-state index is 0.612. The van der Waals surface area contributed by atoms with Gasteiger partial charge in [0.05, 0.1) is 0 Å². The van der Waals surface area contributed by atoms with Crippen molar-refractivity contribution >= 4 is 0 Å². The van der Waals surface area contributed by atoms with Crippen molar-refractivity contribution in [1.29, 1.82) is 0 Å². The Morgan fingerprint density at radius 2 is 1.44 bits per heavy atom. The summed E-state index contributed by atoms with van der Waals surface area (Å²) in [4.78, 5) is 2.38. The van der Waals surface area contributed by atoms with E-state index in [0.29, 0.717) is 6.04 Å². The van der Waals surface area contributed by atoms with E-state index in [1.54, 1.807) is 0 Å². The maximum absolute atomic E-state index is 4.11. The average Bonchev–Trinajstić information content (AvgIpc) is 2.63. The predicted octanol–water partition coefficient (Wildman–Crippen LogP) is 2.19. The first-order valence-electron chi connectivity index (χ1n) is 6.25. The van der Waals surface area contributed by atoms with E-state index in [9.17, 15) is 0 Å². The second-order valence-electron chi connectivity index (χ2n) is 4.20. The van der Waals surface area contributed by atoms with Gasteiger partial charge in [-0.1, -0.05) is 13.8 Å². The van der Waals surface area contributed by atoms with Crippen LogP contribution in [-0.2, 0) is 0 Å². The Labute approximate surface area is 98.7 Å². The minimum absolute atomic E-state index is 0.612. The van der Waals surface area contributed by atoms with Crippen molar-refractivity contribution in [1.82, 2.24) is 19.7 Å². The van der Waals surface area contributed by atoms with Crippen molar-refractivity contribution in [2.45, 2.75) is 46.6 Å². The molecule has 0 atom stereocenters. The van der Waals surface area contributed by atoms with E-state index in [1.807, 2.05) is 27.7 Å². The SMILES string of the molecule is CC.Cc1nnc(C)n1C1CCN(C)CC1. The molecule has 0 unspecified atom stereocenters. The molecule has 1 aliphatic heterocycles. The van der Waals surface area contributed by atoms with Crippen molar-refractivity contribution in [3.05, 3.63) is 11.6 Å². The maximum Gasteiger partial charge on any atom is 0.130 e. The van der Waals surface area contributed by atoms with Gasteiger partial charge in [-0.3, -0.25) is 0 Å². The summed E-state index contributed by atoms with van der Waals surface area (Å²) in [6, 6.07) is 0.612. The van der Waals surface area contributed by atoms with E-state index in [1.165, 1.54) is 25.9 Å². The smallest absolute Gasteiger partial charge is 0.130 e. The lowest BCUT2D eigenvalue weighted by atomic mass is 10.1. The highest BCUT2D eigenvalue weighted by molar-refractivity contribution is 4.96. The van der Waals surface area contributed by atoms with E-state index < -0.39 is 0 Å². The second-order valence-corrected chi connectivity index (χ2v) is 4.20. The molecule has 0 aliphatic carbocycles. The molecule has 0 saturated carbocycles. The Bertz CT molecular complexity index is 291. The van der Waals surface area contributed by atoms with Crippen LogP contribution in [0.5, 0.6) is 0 Å². The number of aromatic nitrogens is 3. The van der Waals surface area contributed by atoms with Crippen LogP contribution in [0.25, 0.3) is 0 Å². The summed E-state index contributed by atoms with van der Waals surface area (Å²) in [6.45, 7) is 10.4. The summed E-state index contributed by atoms with van der Waals surface area (Å²) in [5.41, 5.74) is 0. The normalized spacial score (nSPS) is 18.1. The largest absolute Gasteiger partial charge is 0.312 e. The van der Waals surface area contributed by atoms with Gasteiger partial charge >= 0.3 is 0 Å². The van der Waals surface area contributed by atoms with Crippen LogP contribution in [0.4, 0.5) is 0 Å². The first-order chi connectivity index (χ1) is 7.68. The third-order valence-electron chi connectivity index (χ3n) is 3.09. The Hall–Kier alpha value is -0.900. The van der Waals surface area contributed by atoms with E-state index in [-0.39, 0.29) is 0 Å². The molecule has 4 heteroatoms. The standard InChI is InChI=1S/C10H18N4.C2H6/c1-8-11-12-9(2)14(8)10-4-6-13(3)7-5-10;1-2/h10H,4-7H2,1-3H3;1-2H3. The van der Waals surface area contributed by atoms with Gasteiger partial charge in [-0.05, 0) is 46.8 Å². The first kappa shape index (κ1) is 13.2. The van der Waals surface area contributed by atoms with Crippen LogP contribution in [0.1, 0.15) is 44.4 Å². The third-order valence-corrected chi connectivity index (χ3v) is 3.09. The molecule has 0 N–H and O–H groups in total. The molecule has 0 radical (unpaired) electrons. The summed E-state index contributed by atoms with van der Waals surface area (Å²) in [7, 11) is 2.18. The van der Waals surface area contributed by atoms with Crippen molar-refractivity contribution < 1.29 is 0 Å². The molecule has 1 aliphatic rings. The van der Waals surface area contributed by atoms with Gasteiger partial charge in [0.2, 0.25) is 0 Å². The highest BCUT2D eigenvalue weighted by atomic mass is 15.3. The number of rotatable bonds is 1. The quantitative estimate of drug-likeness (QED) is 0.733. The molecule has 16 heavy (non-hydrogen) atoms. The molecule has 1 saturated heterocycles. The molecule has 92 valence electrons. The number of aryl methyl sites for hydroxylation is 2. The summed E-state index contributed by atoms with van der Waals surface area (Å²) in [5.74, 6) is 2.11. The van der Waals surface area contributed by atoms with Crippen molar-refractivity contribution in [2.75, 3.05) is 20.1 Å². The lowest BCUT2D eigenvalue weighted by Crippen LogP contribution is -2.32. The lowest BCUT2D eigenvalue weighted by molar-refractivity contribution is 0.218. The third kappa shape index (κ3) is 2.82. The van der Waals surface area contributed by atoms with E-state index in [0.717, 1.165) is 11.6 Å². The van der Waals surface area contributed by atoms with E-state index in [2.05, 4.69) is 26.7 Å². The topological polar surface area (TPSA) is 34.0 Å². The molecule has 1 aromatic heterocycles. The minimum Gasteiger partial charge on any atom is -0.312 e. The van der Waals surface area contributed by atoms with Gasteiger partial charge in [0.25, 0.3) is 0 Å². The molecule has 0 aromatic carbocycles. The average molecular weight is 224 g/mol. The highest BCUT2D eigenvalue weighted by Crippen LogP contribution is 2.23. The summed E-state index contributed by atoms with van der Waals surface area (Å²) >= 11 is 0. The summed E-state index contributed by atoms with van der Waals surface area (Å²) < 4.78 is 2.28. The van der Waals surface area contributed by atoms with Crippen LogP contribution in [0.15, 0.2) is 0 Å². The van der Waals surface area contributed by atoms with Crippen LogP contribution in [0.3, 0.4) is 0 Å². The monoisotopic (exact) mass is 224 g/mol. The maximum atomic E-state index is 4.11. The van der Waals surface area contributed by atoms with Crippen LogP contribution >= 0.6 is 0 Å². The van der Waals surface area contributed by atoms with E-state index in [4.69, 9.17) is 0 Å².